The van der Waals surface area contributed by atoms with Crippen LogP contribution in [0.5, 0.6) is 11.5 Å². The van der Waals surface area contributed by atoms with E-state index < -0.39 is 0 Å². The summed E-state index contributed by atoms with van der Waals surface area (Å²) in [6.45, 7) is 4.20. The van der Waals surface area contributed by atoms with Crippen molar-refractivity contribution in [1.82, 2.24) is 4.57 Å². The molecule has 5 heteroatoms. The number of ether oxygens (including phenoxy) is 1. The largest absolute Gasteiger partial charge is 0.457 e. The van der Waals surface area contributed by atoms with Gasteiger partial charge in [0.25, 0.3) is 0 Å². The van der Waals surface area contributed by atoms with Gasteiger partial charge in [-0.15, -0.1) is 11.3 Å². The molecule has 3 aromatic rings. The van der Waals surface area contributed by atoms with Gasteiger partial charge < -0.3 is 14.6 Å². The molecule has 31 heavy (non-hydrogen) atoms. The van der Waals surface area contributed by atoms with Crippen LogP contribution in [0.25, 0.3) is 0 Å². The maximum absolute atomic E-state index is 5.87. The molecule has 0 radical (unpaired) electrons. The summed E-state index contributed by atoms with van der Waals surface area (Å²) in [7, 11) is 0. The molecule has 1 heterocycles. The number of benzene rings is 2. The van der Waals surface area contributed by atoms with Gasteiger partial charge in [-0.1, -0.05) is 44.4 Å². The van der Waals surface area contributed by atoms with Crippen molar-refractivity contribution in [3.63, 3.8) is 0 Å². The Morgan fingerprint density at radius 2 is 1.74 bits per heavy atom. The second kappa shape index (κ2) is 11.2. The van der Waals surface area contributed by atoms with E-state index in [1.807, 2.05) is 53.8 Å². The summed E-state index contributed by atoms with van der Waals surface area (Å²) >= 11 is 1.81. The Morgan fingerprint density at radius 3 is 2.48 bits per heavy atom. The fourth-order valence-electron chi connectivity index (χ4n) is 4.09. The predicted octanol–water partition coefficient (Wildman–Crippen LogP) is 6.64. The molecular formula is C26H33N3OS. The van der Waals surface area contributed by atoms with Crippen LogP contribution in [0.1, 0.15) is 51.1 Å². The van der Waals surface area contributed by atoms with Crippen LogP contribution >= 0.6 is 11.3 Å². The lowest BCUT2D eigenvalue weighted by molar-refractivity contribution is 0.433. The maximum Gasteiger partial charge on any atom is 0.185 e. The van der Waals surface area contributed by atoms with E-state index in [0.717, 1.165) is 43.1 Å². The zero-order valence-corrected chi connectivity index (χ0v) is 19.2. The van der Waals surface area contributed by atoms with Crippen LogP contribution in [0.15, 0.2) is 65.0 Å². The van der Waals surface area contributed by atoms with Crippen molar-refractivity contribution < 1.29 is 4.74 Å². The first-order chi connectivity index (χ1) is 15.3. The van der Waals surface area contributed by atoms with Crippen molar-refractivity contribution in [2.24, 2.45) is 4.99 Å². The van der Waals surface area contributed by atoms with Crippen LogP contribution in [-0.2, 0) is 13.0 Å². The molecule has 0 atom stereocenters. The summed E-state index contributed by atoms with van der Waals surface area (Å²) in [6.07, 6.45) is 8.69. The highest BCUT2D eigenvalue weighted by Gasteiger charge is 2.13. The highest BCUT2D eigenvalue weighted by atomic mass is 32.1. The molecular weight excluding hydrogens is 402 g/mol. The third-order valence-corrected chi connectivity index (χ3v) is 6.66. The average Bonchev–Trinajstić information content (AvgIpc) is 3.18. The lowest BCUT2D eigenvalue weighted by atomic mass is 9.96. The molecule has 0 spiro atoms. The summed E-state index contributed by atoms with van der Waals surface area (Å²) in [5.41, 5.74) is 2.50. The molecule has 4 nitrogen and oxygen atoms in total. The fraction of sp³-hybridized carbons (Fsp3) is 0.423. The second-order valence-electron chi connectivity index (χ2n) is 8.20. The van der Waals surface area contributed by atoms with Gasteiger partial charge in [0.05, 0.1) is 6.04 Å². The predicted molar refractivity (Wildman–Crippen MR) is 130 cm³/mol. The topological polar surface area (TPSA) is 38.5 Å². The van der Waals surface area contributed by atoms with Gasteiger partial charge in [-0.25, -0.2) is 0 Å². The van der Waals surface area contributed by atoms with Crippen LogP contribution in [0.3, 0.4) is 0 Å². The quantitative estimate of drug-likeness (QED) is 0.409. The molecule has 1 fully saturated rings. The number of aromatic nitrogens is 1. The lowest BCUT2D eigenvalue weighted by Crippen LogP contribution is -2.22. The Kier molecular flexibility index (Phi) is 7.83. The van der Waals surface area contributed by atoms with Crippen molar-refractivity contribution in [2.75, 3.05) is 11.9 Å². The molecule has 2 aromatic carbocycles. The number of nitrogens with zero attached hydrogens (tertiary/aromatic N) is 2. The summed E-state index contributed by atoms with van der Waals surface area (Å²) in [4.78, 5) is 6.33. The smallest absolute Gasteiger partial charge is 0.185 e. The Morgan fingerprint density at radius 1 is 1.00 bits per heavy atom. The number of anilines is 1. The van der Waals surface area contributed by atoms with E-state index in [9.17, 15) is 0 Å². The average molecular weight is 436 g/mol. The van der Waals surface area contributed by atoms with Crippen LogP contribution < -0.4 is 14.9 Å². The van der Waals surface area contributed by atoms with E-state index >= 15 is 0 Å². The Bertz CT molecular complexity index is 985. The third-order valence-electron chi connectivity index (χ3n) is 5.74. The van der Waals surface area contributed by atoms with E-state index in [1.54, 1.807) is 0 Å². The van der Waals surface area contributed by atoms with Crippen molar-refractivity contribution in [1.29, 1.82) is 0 Å². The van der Waals surface area contributed by atoms with Gasteiger partial charge in [0.1, 0.15) is 11.5 Å². The van der Waals surface area contributed by atoms with Gasteiger partial charge in [0.2, 0.25) is 0 Å². The van der Waals surface area contributed by atoms with Gasteiger partial charge in [0, 0.05) is 36.3 Å². The van der Waals surface area contributed by atoms with Gasteiger partial charge in [-0.3, -0.25) is 4.99 Å². The van der Waals surface area contributed by atoms with Crippen LogP contribution in [-0.4, -0.2) is 17.2 Å². The van der Waals surface area contributed by atoms with Gasteiger partial charge in [-0.05, 0) is 55.7 Å². The Hall–Kier alpha value is -2.53. The third kappa shape index (κ3) is 6.23. The zero-order valence-electron chi connectivity index (χ0n) is 18.4. The molecule has 1 aromatic heterocycles. The molecule has 0 unspecified atom stereocenters. The summed E-state index contributed by atoms with van der Waals surface area (Å²) in [5, 5.41) is 5.85. The van der Waals surface area contributed by atoms with E-state index in [4.69, 9.17) is 9.73 Å². The number of thiazole rings is 1. The minimum atomic E-state index is 0.526. The van der Waals surface area contributed by atoms with E-state index in [1.165, 1.54) is 42.6 Å². The summed E-state index contributed by atoms with van der Waals surface area (Å²) in [5.74, 6) is 1.71. The lowest BCUT2D eigenvalue weighted by Gasteiger charge is -2.17. The first kappa shape index (κ1) is 21.7. The van der Waals surface area contributed by atoms with Gasteiger partial charge >= 0.3 is 0 Å². The number of hydrogen-bond acceptors (Lipinski definition) is 4. The highest BCUT2D eigenvalue weighted by molar-refractivity contribution is 7.07. The molecule has 0 amide bonds. The molecule has 0 aliphatic heterocycles. The van der Waals surface area contributed by atoms with Crippen LogP contribution in [0.2, 0.25) is 0 Å². The number of hydrogen-bond donors (Lipinski definition) is 1. The monoisotopic (exact) mass is 435 g/mol. The molecule has 1 saturated carbocycles. The number of para-hydroxylation sites is 1. The normalized spacial score (nSPS) is 15.2. The summed E-state index contributed by atoms with van der Waals surface area (Å²) in [6, 6.07) is 18.6. The summed E-state index contributed by atoms with van der Waals surface area (Å²) < 4.78 is 8.32. The van der Waals surface area contributed by atoms with Gasteiger partial charge in [0.15, 0.2) is 4.80 Å². The minimum Gasteiger partial charge on any atom is -0.457 e. The molecule has 1 N–H and O–H groups in total. The first-order valence-electron chi connectivity index (χ1n) is 11.6. The zero-order chi connectivity index (χ0) is 21.3. The number of nitrogens with one attached hydrogen (secondary N) is 1. The molecule has 0 saturated heterocycles. The second-order valence-corrected chi connectivity index (χ2v) is 9.04. The molecule has 4 rings (SSSR count). The SMILES string of the molecule is CCCn1c(CCNc2ccc(Oc3ccccc3)cc2)csc1=NC1CCCCC1. The minimum absolute atomic E-state index is 0.526. The molecule has 1 aliphatic rings. The maximum atomic E-state index is 5.87. The van der Waals surface area contributed by atoms with E-state index in [0.29, 0.717) is 6.04 Å². The van der Waals surface area contributed by atoms with Crippen molar-refractivity contribution >= 4 is 17.0 Å². The van der Waals surface area contributed by atoms with Crippen LogP contribution in [0.4, 0.5) is 5.69 Å². The number of rotatable bonds is 9. The standard InChI is InChI=1S/C26H33N3OS/c1-2-19-29-23(20-31-26(29)28-22-9-5-3-6-10-22)17-18-27-21-13-15-25(16-14-21)30-24-11-7-4-8-12-24/h4,7-8,11-16,20,22,27H,2-3,5-6,9-10,17-19H2,1H3. The van der Waals surface area contributed by atoms with Gasteiger partial charge in [-0.2, -0.15) is 0 Å². The fourth-order valence-corrected chi connectivity index (χ4v) is 5.13. The Balaban J connectivity index is 1.34. The van der Waals surface area contributed by atoms with E-state index in [2.05, 4.69) is 34.3 Å². The first-order valence-corrected chi connectivity index (χ1v) is 12.5. The highest BCUT2D eigenvalue weighted by Crippen LogP contribution is 2.23. The molecule has 0 bridgehead atoms. The van der Waals surface area contributed by atoms with E-state index in [-0.39, 0.29) is 0 Å². The van der Waals surface area contributed by atoms with Crippen molar-refractivity contribution in [3.8, 4) is 11.5 Å². The van der Waals surface area contributed by atoms with Crippen molar-refractivity contribution in [2.45, 2.75) is 64.5 Å². The Labute approximate surface area is 189 Å². The molecule has 1 aliphatic carbocycles. The van der Waals surface area contributed by atoms with Crippen LogP contribution in [0, 0.1) is 0 Å². The van der Waals surface area contributed by atoms with Crippen molar-refractivity contribution in [3.05, 3.63) is 70.5 Å². The molecule has 164 valence electrons.